The van der Waals surface area contributed by atoms with Gasteiger partial charge >= 0.3 is 0 Å². The maximum absolute atomic E-state index is 6.42. The van der Waals surface area contributed by atoms with Crippen molar-refractivity contribution in [2.75, 3.05) is 0 Å². The molecule has 0 spiro atoms. The first-order valence-electron chi connectivity index (χ1n) is 7.14. The number of hydrogen-bond donors (Lipinski definition) is 1. The Labute approximate surface area is 129 Å². The molecule has 3 aromatic rings. The summed E-state index contributed by atoms with van der Waals surface area (Å²) in [6.07, 6.45) is 0. The highest BCUT2D eigenvalue weighted by atomic mass is 35.5. The van der Waals surface area contributed by atoms with Gasteiger partial charge in [0.2, 0.25) is 0 Å². The van der Waals surface area contributed by atoms with Crippen molar-refractivity contribution >= 4 is 22.6 Å². The summed E-state index contributed by atoms with van der Waals surface area (Å²) in [7, 11) is 0. The van der Waals surface area contributed by atoms with Crippen LogP contribution in [-0.2, 0) is 6.54 Å². The lowest BCUT2D eigenvalue weighted by Gasteiger charge is -2.09. The summed E-state index contributed by atoms with van der Waals surface area (Å²) < 4.78 is 5.87. The fourth-order valence-corrected chi connectivity index (χ4v) is 2.60. The lowest BCUT2D eigenvalue weighted by atomic mass is 10.1. The number of rotatable bonds is 4. The summed E-state index contributed by atoms with van der Waals surface area (Å²) in [5.41, 5.74) is 2.99. The van der Waals surface area contributed by atoms with E-state index >= 15 is 0 Å². The van der Waals surface area contributed by atoms with Crippen LogP contribution in [-0.4, -0.2) is 6.04 Å². The van der Waals surface area contributed by atoms with E-state index in [9.17, 15) is 0 Å². The van der Waals surface area contributed by atoms with E-state index in [1.54, 1.807) is 0 Å². The molecule has 1 aromatic heterocycles. The van der Waals surface area contributed by atoms with Gasteiger partial charge in [0, 0.05) is 23.5 Å². The molecule has 0 saturated heterocycles. The van der Waals surface area contributed by atoms with Crippen LogP contribution in [0.5, 0.6) is 0 Å². The molecule has 1 N–H and O–H groups in total. The van der Waals surface area contributed by atoms with Gasteiger partial charge in [-0.05, 0) is 29.8 Å². The Kier molecular flexibility index (Phi) is 4.00. The molecular formula is C18H18ClNO. The number of benzene rings is 2. The highest BCUT2D eigenvalue weighted by Gasteiger charge is 2.10. The minimum atomic E-state index is 0.457. The molecule has 0 aliphatic heterocycles. The van der Waals surface area contributed by atoms with Crippen LogP contribution in [0.4, 0.5) is 0 Å². The Morgan fingerprint density at radius 3 is 2.62 bits per heavy atom. The van der Waals surface area contributed by atoms with Crippen molar-refractivity contribution < 1.29 is 4.42 Å². The maximum atomic E-state index is 6.42. The van der Waals surface area contributed by atoms with Crippen molar-refractivity contribution in [3.05, 3.63) is 59.1 Å². The predicted octanol–water partition coefficient (Wildman–Crippen LogP) is 5.25. The zero-order valence-electron chi connectivity index (χ0n) is 12.2. The van der Waals surface area contributed by atoms with Gasteiger partial charge in [-0.25, -0.2) is 0 Å². The van der Waals surface area contributed by atoms with Crippen molar-refractivity contribution in [2.24, 2.45) is 0 Å². The van der Waals surface area contributed by atoms with E-state index in [4.69, 9.17) is 16.0 Å². The van der Waals surface area contributed by atoms with Crippen molar-refractivity contribution in [3.63, 3.8) is 0 Å². The average molecular weight is 300 g/mol. The predicted molar refractivity (Wildman–Crippen MR) is 88.6 cm³/mol. The van der Waals surface area contributed by atoms with Gasteiger partial charge in [-0.3, -0.25) is 0 Å². The van der Waals surface area contributed by atoms with Gasteiger partial charge in [-0.1, -0.05) is 49.7 Å². The van der Waals surface area contributed by atoms with E-state index in [2.05, 4.69) is 25.2 Å². The van der Waals surface area contributed by atoms with Crippen LogP contribution < -0.4 is 5.32 Å². The molecular weight excluding hydrogens is 282 g/mol. The van der Waals surface area contributed by atoms with Crippen molar-refractivity contribution in [1.29, 1.82) is 0 Å². The number of halogens is 1. The van der Waals surface area contributed by atoms with Gasteiger partial charge in [0.05, 0.1) is 5.02 Å². The quantitative estimate of drug-likeness (QED) is 0.711. The van der Waals surface area contributed by atoms with E-state index in [0.29, 0.717) is 6.04 Å². The number of para-hydroxylation sites is 1. The Bertz CT molecular complexity index is 728. The van der Waals surface area contributed by atoms with Crippen LogP contribution in [0.3, 0.4) is 0 Å². The number of fused-ring (bicyclic) bond motifs is 1. The Morgan fingerprint density at radius 2 is 1.90 bits per heavy atom. The van der Waals surface area contributed by atoms with Gasteiger partial charge in [0.25, 0.3) is 0 Å². The first-order chi connectivity index (χ1) is 10.1. The van der Waals surface area contributed by atoms with Gasteiger partial charge in [0.1, 0.15) is 11.3 Å². The van der Waals surface area contributed by atoms with Gasteiger partial charge in [-0.15, -0.1) is 0 Å². The minimum Gasteiger partial charge on any atom is -0.456 e. The summed E-state index contributed by atoms with van der Waals surface area (Å²) in [5, 5.41) is 5.20. The maximum Gasteiger partial charge on any atom is 0.136 e. The molecule has 0 fully saturated rings. The fourth-order valence-electron chi connectivity index (χ4n) is 2.30. The summed E-state index contributed by atoms with van der Waals surface area (Å²) in [6.45, 7) is 5.08. The van der Waals surface area contributed by atoms with Gasteiger partial charge in [-0.2, -0.15) is 0 Å². The zero-order chi connectivity index (χ0) is 14.8. The first-order valence-corrected chi connectivity index (χ1v) is 7.52. The van der Waals surface area contributed by atoms with E-state index in [0.717, 1.165) is 33.9 Å². The van der Waals surface area contributed by atoms with Crippen molar-refractivity contribution in [3.8, 4) is 11.3 Å². The van der Waals surface area contributed by atoms with Gasteiger partial charge < -0.3 is 9.73 Å². The summed E-state index contributed by atoms with van der Waals surface area (Å²) in [5.74, 6) is 0.810. The second-order valence-corrected chi connectivity index (χ2v) is 5.91. The molecule has 0 saturated carbocycles. The SMILES string of the molecule is CC(C)NCc1ccc(-c2cc3ccccc3o2)c(Cl)c1. The third-order valence-corrected chi connectivity index (χ3v) is 3.75. The molecule has 0 aliphatic carbocycles. The molecule has 0 unspecified atom stereocenters. The lowest BCUT2D eigenvalue weighted by molar-refractivity contribution is 0.589. The molecule has 0 atom stereocenters. The van der Waals surface area contributed by atoms with Crippen LogP contribution in [0.15, 0.2) is 52.9 Å². The Balaban J connectivity index is 1.91. The number of nitrogens with one attached hydrogen (secondary N) is 1. The van der Waals surface area contributed by atoms with E-state index in [1.807, 2.05) is 42.5 Å². The molecule has 108 valence electrons. The smallest absolute Gasteiger partial charge is 0.136 e. The molecule has 0 aliphatic rings. The monoisotopic (exact) mass is 299 g/mol. The molecule has 2 aromatic carbocycles. The van der Waals surface area contributed by atoms with E-state index in [1.165, 1.54) is 5.56 Å². The summed E-state index contributed by atoms with van der Waals surface area (Å²) in [6, 6.07) is 16.6. The summed E-state index contributed by atoms with van der Waals surface area (Å²) in [4.78, 5) is 0. The molecule has 2 nitrogen and oxygen atoms in total. The number of furan rings is 1. The van der Waals surface area contributed by atoms with Crippen LogP contribution in [0, 0.1) is 0 Å². The standard InChI is InChI=1S/C18H18ClNO/c1-12(2)20-11-13-7-8-15(16(19)9-13)18-10-14-5-3-4-6-17(14)21-18/h3-10,12,20H,11H2,1-2H3. The molecule has 21 heavy (non-hydrogen) atoms. The normalized spacial score (nSPS) is 11.4. The third kappa shape index (κ3) is 3.12. The van der Waals surface area contributed by atoms with Gasteiger partial charge in [0.15, 0.2) is 0 Å². The van der Waals surface area contributed by atoms with E-state index < -0.39 is 0 Å². The second kappa shape index (κ2) is 5.92. The van der Waals surface area contributed by atoms with Crippen LogP contribution in [0.1, 0.15) is 19.4 Å². The van der Waals surface area contributed by atoms with Crippen molar-refractivity contribution in [2.45, 2.75) is 26.4 Å². The molecule has 3 heteroatoms. The highest BCUT2D eigenvalue weighted by molar-refractivity contribution is 6.33. The van der Waals surface area contributed by atoms with Crippen LogP contribution in [0.2, 0.25) is 5.02 Å². The first kappa shape index (κ1) is 14.2. The Morgan fingerprint density at radius 1 is 1.10 bits per heavy atom. The van der Waals surface area contributed by atoms with Crippen molar-refractivity contribution in [1.82, 2.24) is 5.32 Å². The Hall–Kier alpha value is -1.77. The second-order valence-electron chi connectivity index (χ2n) is 5.50. The van der Waals surface area contributed by atoms with Crippen LogP contribution in [0.25, 0.3) is 22.3 Å². The average Bonchev–Trinajstić information content (AvgIpc) is 2.88. The lowest BCUT2D eigenvalue weighted by Crippen LogP contribution is -2.21. The summed E-state index contributed by atoms with van der Waals surface area (Å²) >= 11 is 6.42. The molecule has 0 bridgehead atoms. The zero-order valence-corrected chi connectivity index (χ0v) is 12.9. The largest absolute Gasteiger partial charge is 0.456 e. The van der Waals surface area contributed by atoms with Crippen LogP contribution >= 0.6 is 11.6 Å². The molecule has 0 radical (unpaired) electrons. The molecule has 1 heterocycles. The van der Waals surface area contributed by atoms with E-state index in [-0.39, 0.29) is 0 Å². The highest BCUT2D eigenvalue weighted by Crippen LogP contribution is 2.33. The third-order valence-electron chi connectivity index (χ3n) is 3.44. The molecule has 3 rings (SSSR count). The molecule has 0 amide bonds. The fraction of sp³-hybridized carbons (Fsp3) is 0.222. The minimum absolute atomic E-state index is 0.457. The topological polar surface area (TPSA) is 25.2 Å². The number of hydrogen-bond acceptors (Lipinski definition) is 2.